The van der Waals surface area contributed by atoms with E-state index in [2.05, 4.69) is 21.2 Å². The topological polar surface area (TPSA) is 32.3 Å². The van der Waals surface area contributed by atoms with Crippen LogP contribution in [0.5, 0.6) is 0 Å². The smallest absolute Gasteiger partial charge is 0.238 e. The number of rotatable bonds is 5. The second kappa shape index (κ2) is 7.77. The Bertz CT molecular complexity index is 663. The molecule has 0 radical (unpaired) electrons. The van der Waals surface area contributed by atoms with Gasteiger partial charge in [-0.1, -0.05) is 41.9 Å². The van der Waals surface area contributed by atoms with Crippen molar-refractivity contribution >= 4 is 39.1 Å². The maximum Gasteiger partial charge on any atom is 0.238 e. The highest BCUT2D eigenvalue weighted by atomic mass is 79.9. The number of hydrogen-bond donors (Lipinski definition) is 1. The summed E-state index contributed by atoms with van der Waals surface area (Å²) in [6, 6.07) is 15.3. The first-order valence-corrected chi connectivity index (χ1v) is 8.15. The fourth-order valence-electron chi connectivity index (χ4n) is 2.17. The van der Waals surface area contributed by atoms with E-state index in [0.717, 1.165) is 15.7 Å². The first kappa shape index (κ1) is 17.0. The van der Waals surface area contributed by atoms with Gasteiger partial charge >= 0.3 is 0 Å². The zero-order valence-electron chi connectivity index (χ0n) is 12.5. The Morgan fingerprint density at radius 1 is 1.23 bits per heavy atom. The summed E-state index contributed by atoms with van der Waals surface area (Å²) in [7, 11) is 1.91. The molecule has 2 aromatic rings. The summed E-state index contributed by atoms with van der Waals surface area (Å²) >= 11 is 9.64. The molecule has 0 aliphatic heterocycles. The average molecular weight is 382 g/mol. The number of nitrogens with zero attached hydrogens (tertiary/aromatic N) is 1. The van der Waals surface area contributed by atoms with Crippen LogP contribution in [0.2, 0.25) is 5.02 Å². The average Bonchev–Trinajstić information content (AvgIpc) is 2.49. The Morgan fingerprint density at radius 2 is 1.86 bits per heavy atom. The van der Waals surface area contributed by atoms with Gasteiger partial charge in [0.15, 0.2) is 0 Å². The van der Waals surface area contributed by atoms with Gasteiger partial charge in [-0.3, -0.25) is 9.69 Å². The molecule has 5 heteroatoms. The zero-order valence-corrected chi connectivity index (χ0v) is 14.9. The van der Waals surface area contributed by atoms with Gasteiger partial charge in [-0.05, 0) is 53.7 Å². The van der Waals surface area contributed by atoms with Crippen molar-refractivity contribution in [3.05, 3.63) is 63.6 Å². The summed E-state index contributed by atoms with van der Waals surface area (Å²) in [6.07, 6.45) is 0. The molecule has 0 aliphatic rings. The number of para-hydroxylation sites is 1. The van der Waals surface area contributed by atoms with E-state index >= 15 is 0 Å². The highest BCUT2D eigenvalue weighted by Gasteiger charge is 2.17. The molecule has 0 fully saturated rings. The Hall–Kier alpha value is -1.36. The van der Waals surface area contributed by atoms with Crippen LogP contribution in [0.4, 0.5) is 5.69 Å². The van der Waals surface area contributed by atoms with E-state index in [9.17, 15) is 4.79 Å². The van der Waals surface area contributed by atoms with E-state index in [1.807, 2.05) is 67.4 Å². The number of anilines is 1. The largest absolute Gasteiger partial charge is 0.324 e. The van der Waals surface area contributed by atoms with Crippen LogP contribution in [0.15, 0.2) is 53.0 Å². The highest BCUT2D eigenvalue weighted by Crippen LogP contribution is 2.26. The normalized spacial score (nSPS) is 12.2. The van der Waals surface area contributed by atoms with Crippen molar-refractivity contribution in [1.29, 1.82) is 0 Å². The number of amides is 1. The first-order chi connectivity index (χ1) is 10.5. The van der Waals surface area contributed by atoms with E-state index < -0.39 is 0 Å². The maximum atomic E-state index is 12.2. The van der Waals surface area contributed by atoms with Gasteiger partial charge in [-0.2, -0.15) is 0 Å². The van der Waals surface area contributed by atoms with Gasteiger partial charge < -0.3 is 5.32 Å². The predicted molar refractivity (Wildman–Crippen MR) is 95.3 cm³/mol. The summed E-state index contributed by atoms with van der Waals surface area (Å²) in [5.74, 6) is -0.0618. The van der Waals surface area contributed by atoms with Crippen LogP contribution >= 0.6 is 27.5 Å². The van der Waals surface area contributed by atoms with Crippen molar-refractivity contribution in [3.8, 4) is 0 Å². The van der Waals surface area contributed by atoms with Crippen molar-refractivity contribution in [2.24, 2.45) is 0 Å². The van der Waals surface area contributed by atoms with Crippen LogP contribution in [0.3, 0.4) is 0 Å². The van der Waals surface area contributed by atoms with Crippen LogP contribution in [0, 0.1) is 0 Å². The number of carbonyl (C=O) groups excluding carboxylic acids is 1. The molecule has 116 valence electrons. The number of likely N-dealkylation sites (N-methyl/N-ethyl adjacent to an activating group) is 1. The highest BCUT2D eigenvalue weighted by molar-refractivity contribution is 9.10. The van der Waals surface area contributed by atoms with Gasteiger partial charge in [0.25, 0.3) is 0 Å². The first-order valence-electron chi connectivity index (χ1n) is 6.98. The van der Waals surface area contributed by atoms with Gasteiger partial charge in [-0.25, -0.2) is 0 Å². The molecule has 1 atom stereocenters. The molecule has 0 aromatic heterocycles. The molecule has 2 rings (SSSR count). The SMILES string of the molecule is CC(c1ccccc1Cl)N(C)CC(=O)Nc1ccccc1Br. The molecular formula is C17H18BrClN2O. The van der Waals surface area contributed by atoms with Crippen molar-refractivity contribution in [1.82, 2.24) is 4.90 Å². The number of hydrogen-bond acceptors (Lipinski definition) is 2. The van der Waals surface area contributed by atoms with Gasteiger partial charge in [0.1, 0.15) is 0 Å². The predicted octanol–water partition coefficient (Wildman–Crippen LogP) is 4.73. The maximum absolute atomic E-state index is 12.2. The summed E-state index contributed by atoms with van der Waals surface area (Å²) in [5, 5.41) is 3.62. The molecule has 0 saturated carbocycles. The third-order valence-corrected chi connectivity index (χ3v) is 4.59. The molecule has 0 heterocycles. The molecule has 0 spiro atoms. The third-order valence-electron chi connectivity index (χ3n) is 3.56. The molecule has 1 N–H and O–H groups in total. The summed E-state index contributed by atoms with van der Waals surface area (Å²) in [5.41, 5.74) is 1.78. The molecule has 0 saturated heterocycles. The van der Waals surface area contributed by atoms with E-state index in [1.54, 1.807) is 0 Å². The third kappa shape index (κ3) is 4.32. The minimum absolute atomic E-state index is 0.0543. The van der Waals surface area contributed by atoms with Gasteiger partial charge in [0.05, 0.1) is 12.2 Å². The van der Waals surface area contributed by atoms with E-state index in [-0.39, 0.29) is 18.5 Å². The van der Waals surface area contributed by atoms with E-state index in [0.29, 0.717) is 5.02 Å². The van der Waals surface area contributed by atoms with Gasteiger partial charge in [0.2, 0.25) is 5.91 Å². The molecule has 22 heavy (non-hydrogen) atoms. The Kier molecular flexibility index (Phi) is 6.00. The molecular weight excluding hydrogens is 364 g/mol. The second-order valence-corrected chi connectivity index (χ2v) is 6.40. The minimum Gasteiger partial charge on any atom is -0.324 e. The van der Waals surface area contributed by atoms with Crippen molar-refractivity contribution in [2.75, 3.05) is 18.9 Å². The number of halogens is 2. The van der Waals surface area contributed by atoms with Crippen LogP contribution in [0.1, 0.15) is 18.5 Å². The summed E-state index contributed by atoms with van der Waals surface area (Å²) in [4.78, 5) is 14.2. The van der Waals surface area contributed by atoms with Crippen molar-refractivity contribution in [3.63, 3.8) is 0 Å². The van der Waals surface area contributed by atoms with Crippen LogP contribution in [0.25, 0.3) is 0 Å². The fraction of sp³-hybridized carbons (Fsp3) is 0.235. The molecule has 2 aromatic carbocycles. The van der Waals surface area contributed by atoms with Crippen molar-refractivity contribution < 1.29 is 4.79 Å². The van der Waals surface area contributed by atoms with E-state index in [1.165, 1.54) is 0 Å². The number of carbonyl (C=O) groups is 1. The standard InChI is InChI=1S/C17H18BrClN2O/c1-12(13-7-3-5-9-15(13)19)21(2)11-17(22)20-16-10-6-4-8-14(16)18/h3-10,12H,11H2,1-2H3,(H,20,22). The van der Waals surface area contributed by atoms with Crippen LogP contribution in [-0.2, 0) is 4.79 Å². The lowest BCUT2D eigenvalue weighted by Crippen LogP contribution is -2.32. The monoisotopic (exact) mass is 380 g/mol. The zero-order chi connectivity index (χ0) is 16.1. The van der Waals surface area contributed by atoms with Crippen LogP contribution < -0.4 is 5.32 Å². The van der Waals surface area contributed by atoms with Crippen LogP contribution in [-0.4, -0.2) is 24.4 Å². The molecule has 3 nitrogen and oxygen atoms in total. The molecule has 0 aliphatic carbocycles. The second-order valence-electron chi connectivity index (χ2n) is 5.14. The van der Waals surface area contributed by atoms with E-state index in [4.69, 9.17) is 11.6 Å². The Morgan fingerprint density at radius 3 is 2.55 bits per heavy atom. The lowest BCUT2D eigenvalue weighted by molar-refractivity contribution is -0.117. The number of benzene rings is 2. The lowest BCUT2D eigenvalue weighted by atomic mass is 10.1. The summed E-state index contributed by atoms with van der Waals surface area (Å²) < 4.78 is 0.866. The summed E-state index contributed by atoms with van der Waals surface area (Å²) in [6.45, 7) is 2.32. The minimum atomic E-state index is -0.0618. The quantitative estimate of drug-likeness (QED) is 0.811. The molecule has 0 bridgehead atoms. The number of nitrogens with one attached hydrogen (secondary N) is 1. The fourth-order valence-corrected chi connectivity index (χ4v) is 2.84. The Labute approximate surface area is 144 Å². The lowest BCUT2D eigenvalue weighted by Gasteiger charge is -2.25. The Balaban J connectivity index is 1.99. The molecule has 1 unspecified atom stereocenters. The molecule has 1 amide bonds. The van der Waals surface area contributed by atoms with Crippen molar-refractivity contribution in [2.45, 2.75) is 13.0 Å². The van der Waals surface area contributed by atoms with Gasteiger partial charge in [-0.15, -0.1) is 0 Å². The van der Waals surface area contributed by atoms with Gasteiger partial charge in [0, 0.05) is 15.5 Å².